The zero-order valence-electron chi connectivity index (χ0n) is 42.5. The number of carbonyl (C=O) groups excluding carboxylic acids is 3. The number of hydrogen-bond donors (Lipinski definition) is 2. The number of Topliss-reactive ketones (excluding diaryl/α,β-unsaturated/α-hetero) is 3. The Bertz CT molecular complexity index is 1840. The van der Waals surface area contributed by atoms with Gasteiger partial charge in [0.05, 0.1) is 4.75 Å². The molecule has 1 atom stereocenters. The molecule has 2 aromatic heterocycles. The highest BCUT2D eigenvalue weighted by molar-refractivity contribution is 7.92. The van der Waals surface area contributed by atoms with Crippen LogP contribution in [0.25, 0.3) is 0 Å². The van der Waals surface area contributed by atoms with Gasteiger partial charge in [-0.2, -0.15) is 9.91 Å². The Hall–Kier alpha value is -3.42. The quantitative estimate of drug-likeness (QED) is 0.198. The molecule has 0 fully saturated rings. The molecule has 62 heavy (non-hydrogen) atoms. The van der Waals surface area contributed by atoms with E-state index in [-0.39, 0.29) is 59.9 Å². The lowest BCUT2D eigenvalue weighted by atomic mass is 9.50. The molecule has 1 unspecified atom stereocenters. The van der Waals surface area contributed by atoms with E-state index in [9.17, 15) is 27.4 Å². The highest BCUT2D eigenvalue weighted by Gasteiger charge is 2.28. The number of ketones is 3. The Morgan fingerprint density at radius 2 is 1.19 bits per heavy atom. The van der Waals surface area contributed by atoms with Crippen molar-refractivity contribution < 1.29 is 37.3 Å². The van der Waals surface area contributed by atoms with E-state index >= 15 is 0 Å². The van der Waals surface area contributed by atoms with Crippen molar-refractivity contribution in [2.45, 2.75) is 192 Å². The van der Waals surface area contributed by atoms with Crippen LogP contribution in [-0.2, 0) is 41.9 Å². The Kier molecular flexibility index (Phi) is 29.9. The lowest BCUT2D eigenvalue weighted by Gasteiger charge is -2.21. The Labute approximate surface area is 374 Å². The first kappa shape index (κ1) is 65.2. The van der Waals surface area contributed by atoms with Gasteiger partial charge in [-0.3, -0.25) is 18.9 Å². The summed E-state index contributed by atoms with van der Waals surface area (Å²) in [5.41, 5.74) is -0.139. The summed E-state index contributed by atoms with van der Waals surface area (Å²) in [7, 11) is -5.69. The van der Waals surface area contributed by atoms with Crippen LogP contribution in [0.15, 0.2) is 15.2 Å². The molecule has 0 saturated heterocycles. The van der Waals surface area contributed by atoms with Gasteiger partial charge in [0.2, 0.25) is 7.37 Å². The molecule has 2 aromatic rings. The van der Waals surface area contributed by atoms with Crippen molar-refractivity contribution in [1.29, 1.82) is 0 Å². The van der Waals surface area contributed by atoms with Gasteiger partial charge in [0.25, 0.3) is 6.92 Å². The third kappa shape index (κ3) is 33.2. The molecule has 2 N–H and O–H groups in total. The maximum Gasteiger partial charge on any atom is 0.291 e. The van der Waals surface area contributed by atoms with E-state index in [4.69, 9.17) is 9.92 Å². The van der Waals surface area contributed by atoms with E-state index in [0.717, 1.165) is 11.7 Å². The number of sulfone groups is 1. The summed E-state index contributed by atoms with van der Waals surface area (Å²) >= 11 is 0. The fraction of sp³-hybridized carbons (Fsp3) is 0.850. The van der Waals surface area contributed by atoms with E-state index in [1.165, 1.54) is 36.2 Å². The summed E-state index contributed by atoms with van der Waals surface area (Å²) in [6.07, 6.45) is 1.24. The summed E-state index contributed by atoms with van der Waals surface area (Å²) in [4.78, 5) is 46.1. The number of azo groups is 1. The highest BCUT2D eigenvalue weighted by Crippen LogP contribution is 2.49. The Morgan fingerprint density at radius 1 is 0.790 bits per heavy atom. The minimum Gasteiger partial charge on any atom is -0.450 e. The van der Waals surface area contributed by atoms with Crippen LogP contribution in [0.3, 0.4) is 0 Å². The molecule has 19 nitrogen and oxygen atoms in total. The zero-order chi connectivity index (χ0) is 50.4. The Morgan fingerprint density at radius 3 is 1.40 bits per heavy atom. The monoisotopic (exact) mass is 920 g/mol. The van der Waals surface area contributed by atoms with E-state index in [2.05, 4.69) is 60.0 Å². The second-order valence-electron chi connectivity index (χ2n) is 19.9. The predicted molar refractivity (Wildman–Crippen MR) is 251 cm³/mol. The molecular formula is C40H83BN11O8PS. The van der Waals surface area contributed by atoms with Crippen LogP contribution in [0.5, 0.6) is 0 Å². The summed E-state index contributed by atoms with van der Waals surface area (Å²) < 4.78 is 33.0. The predicted octanol–water partition coefficient (Wildman–Crippen LogP) is 7.77. The average molecular weight is 920 g/mol. The number of aromatic nitrogens is 8. The largest absolute Gasteiger partial charge is 0.450 e. The normalized spacial score (nSPS) is 13.4. The molecule has 3 rings (SSSR count). The molecule has 0 bridgehead atoms. The van der Waals surface area contributed by atoms with Crippen molar-refractivity contribution in [3.8, 4) is 0 Å². The van der Waals surface area contributed by atoms with Crippen LogP contribution in [0.1, 0.15) is 169 Å². The van der Waals surface area contributed by atoms with Crippen LogP contribution in [0, 0.1) is 11.3 Å². The topological polar surface area (TPSA) is 267 Å². The summed E-state index contributed by atoms with van der Waals surface area (Å²) in [6.45, 7) is 42.8. The molecule has 0 spiro atoms. The fourth-order valence-corrected chi connectivity index (χ4v) is 2.24. The lowest BCUT2D eigenvalue weighted by molar-refractivity contribution is -0.124. The summed E-state index contributed by atoms with van der Waals surface area (Å²) in [5.74, 6) is 3.58. The number of carbonyl (C=O) groups is 3. The van der Waals surface area contributed by atoms with Gasteiger partial charge >= 0.3 is 0 Å². The molecule has 1 aliphatic rings. The number of aliphatic imine (C=N–C) groups is 1. The molecule has 360 valence electrons. The van der Waals surface area contributed by atoms with E-state index in [0.29, 0.717) is 18.4 Å². The van der Waals surface area contributed by atoms with Gasteiger partial charge in [-0.1, -0.05) is 111 Å². The van der Waals surface area contributed by atoms with Gasteiger partial charge in [-0.25, -0.2) is 18.1 Å². The molecule has 0 saturated carbocycles. The van der Waals surface area contributed by atoms with Crippen LogP contribution >= 0.6 is 7.37 Å². The maximum atomic E-state index is 10.8. The van der Waals surface area contributed by atoms with Gasteiger partial charge in [-0.15, -0.1) is 20.4 Å². The maximum absolute atomic E-state index is 10.8. The number of nitrogens with zero attached hydrogens (tertiary/aromatic N) is 11. The standard InChI is InChI=1S/2C7H12N4O.C6H12O.C5H13BO.C5H9N3.C5H13O2P.C5H12O2S/c1-5(2)7-8-9-10-11(7)4-6(3)12;1-5(2)7-8-10-11(9-7)4-6(3)12;1-5(7)6(2,3)4;1-5(2,3)6(4)7;1-4(2)5-6-3-7-8-5;2*1-5(2,3)8(4,6)7/h2*5H,4H2,1-3H3;1-4H3;7H,1-4H3;4H,3H2,1-2H3;1-4H3,(H,6,7);1-4H3. The number of hydrogen-bond acceptors (Lipinski definition) is 16. The first-order valence-corrected chi connectivity index (χ1v) is 24.5. The minimum atomic E-state index is -2.85. The smallest absolute Gasteiger partial charge is 0.291 e. The van der Waals surface area contributed by atoms with E-state index in [1.807, 2.05) is 69.2 Å². The van der Waals surface area contributed by atoms with Crippen LogP contribution < -0.4 is 0 Å². The number of rotatable bonds is 7. The molecule has 22 heteroatoms. The van der Waals surface area contributed by atoms with Crippen molar-refractivity contribution in [2.75, 3.05) is 19.6 Å². The van der Waals surface area contributed by atoms with Crippen molar-refractivity contribution in [3.05, 3.63) is 11.6 Å². The highest BCUT2D eigenvalue weighted by atomic mass is 32.2. The van der Waals surface area contributed by atoms with Crippen molar-refractivity contribution in [3.63, 3.8) is 0 Å². The fourth-order valence-electron chi connectivity index (χ4n) is 2.24. The SMILES string of the molecule is CB(O)C(C)(C)C.CC(=O)C(C)(C)C.CC(=O)Cn1nnc(C(C)C)n1.CC(=O)Cn1nnnc1C(C)C.CC(C)(C)P(C)(=O)O.CC(C)(C)S(C)(=O)=O.CC(C)C1=NCN=N1. The van der Waals surface area contributed by atoms with Crippen molar-refractivity contribution >= 4 is 47.3 Å². The Balaban J connectivity index is -0.000000321. The van der Waals surface area contributed by atoms with Crippen LogP contribution in [-0.4, -0.2) is 118 Å². The van der Waals surface area contributed by atoms with Gasteiger partial charge < -0.3 is 9.92 Å². The van der Waals surface area contributed by atoms with Crippen molar-refractivity contribution in [2.24, 2.45) is 26.6 Å². The second kappa shape index (κ2) is 28.4. The third-order valence-corrected chi connectivity index (χ3v) is 13.2. The van der Waals surface area contributed by atoms with Crippen LogP contribution in [0.2, 0.25) is 12.1 Å². The van der Waals surface area contributed by atoms with Crippen molar-refractivity contribution in [1.82, 2.24) is 40.4 Å². The molecule has 0 amide bonds. The lowest BCUT2D eigenvalue weighted by Crippen LogP contribution is -2.26. The van der Waals surface area contributed by atoms with E-state index in [1.54, 1.807) is 55.3 Å². The van der Waals surface area contributed by atoms with Gasteiger partial charge in [0, 0.05) is 41.2 Å². The number of amidine groups is 1. The first-order valence-electron chi connectivity index (χ1n) is 20.5. The minimum absolute atomic E-state index is 0.0303. The zero-order valence-corrected chi connectivity index (χ0v) is 44.3. The summed E-state index contributed by atoms with van der Waals surface area (Å²) in [6, 6.07) is 0. The molecule has 0 aliphatic carbocycles. The molecule has 1 aliphatic heterocycles. The molecule has 3 heterocycles. The average Bonchev–Trinajstić information content (AvgIpc) is 3.83. The second-order valence-corrected chi connectivity index (χ2v) is 25.8. The van der Waals surface area contributed by atoms with E-state index < -0.39 is 27.1 Å². The van der Waals surface area contributed by atoms with Gasteiger partial charge in [0.15, 0.2) is 39.7 Å². The third-order valence-electron chi connectivity index (χ3n) is 8.45. The number of tetrazole rings is 2. The molecular weight excluding hydrogens is 836 g/mol. The first-order chi connectivity index (χ1) is 27.4. The van der Waals surface area contributed by atoms with Gasteiger partial charge in [-0.05, 0) is 62.5 Å². The van der Waals surface area contributed by atoms with Crippen LogP contribution in [0.4, 0.5) is 0 Å². The molecule has 0 aromatic carbocycles. The molecule has 0 radical (unpaired) electrons. The summed E-state index contributed by atoms with van der Waals surface area (Å²) in [5, 5.41) is 38.6. The van der Waals surface area contributed by atoms with Gasteiger partial charge in [0.1, 0.15) is 24.7 Å².